The number of benzene rings is 3. The molecule has 0 spiro atoms. The second-order valence-electron chi connectivity index (χ2n) is 6.93. The van der Waals surface area contributed by atoms with Crippen molar-refractivity contribution in [3.05, 3.63) is 114 Å². The molecule has 0 amide bonds. The van der Waals surface area contributed by atoms with Crippen molar-refractivity contribution in [1.82, 2.24) is 0 Å². The summed E-state index contributed by atoms with van der Waals surface area (Å²) in [5, 5.41) is 0. The Morgan fingerprint density at radius 3 is 1.85 bits per heavy atom. The van der Waals surface area contributed by atoms with Crippen molar-refractivity contribution in [2.24, 2.45) is 0 Å². The van der Waals surface area contributed by atoms with Crippen LogP contribution in [0.5, 0.6) is 0 Å². The number of hydrogen-bond acceptors (Lipinski definition) is 1. The van der Waals surface area contributed by atoms with Crippen molar-refractivity contribution in [2.45, 2.75) is 30.8 Å². The van der Waals surface area contributed by atoms with Crippen molar-refractivity contribution < 1.29 is 4.74 Å². The molecule has 3 aromatic carbocycles. The highest BCUT2D eigenvalue weighted by atomic mass is 16.5. The summed E-state index contributed by atoms with van der Waals surface area (Å²) in [5.74, 6) is 0. The molecule has 0 aromatic heterocycles. The smallest absolute Gasteiger partial charge is 0.111 e. The molecule has 1 heteroatoms. The standard InChI is InChI=1S/C25H24O/c1-4-11-21(12-5-1)18-20-26-24-17-10-19-25(24,22-13-6-2-7-14-22)23-15-8-3-9-16-23/h1-9,11-16,18,20,24H,10,17,19H2/b20-18-/t24-/m1/s1. The third kappa shape index (κ3) is 3.17. The van der Waals surface area contributed by atoms with E-state index in [1.54, 1.807) is 0 Å². The SMILES string of the molecule is C(=C/c1ccccc1)/O[C@@H]1CCCC1(c1ccccc1)c1ccccc1. The molecule has 0 radical (unpaired) electrons. The predicted molar refractivity (Wildman–Crippen MR) is 108 cm³/mol. The van der Waals surface area contributed by atoms with E-state index in [9.17, 15) is 0 Å². The molecule has 0 aliphatic heterocycles. The molecule has 1 aliphatic carbocycles. The second kappa shape index (κ2) is 7.61. The van der Waals surface area contributed by atoms with Crippen LogP contribution in [0.15, 0.2) is 97.3 Å². The molecule has 1 nitrogen and oxygen atoms in total. The van der Waals surface area contributed by atoms with Crippen LogP contribution >= 0.6 is 0 Å². The van der Waals surface area contributed by atoms with E-state index in [0.29, 0.717) is 0 Å². The van der Waals surface area contributed by atoms with Gasteiger partial charge >= 0.3 is 0 Å². The van der Waals surface area contributed by atoms with Crippen LogP contribution in [0.1, 0.15) is 36.0 Å². The Morgan fingerprint density at radius 2 is 1.27 bits per heavy atom. The summed E-state index contributed by atoms with van der Waals surface area (Å²) >= 11 is 0. The zero-order valence-corrected chi connectivity index (χ0v) is 14.9. The van der Waals surface area contributed by atoms with Gasteiger partial charge < -0.3 is 4.74 Å². The molecule has 0 bridgehead atoms. The summed E-state index contributed by atoms with van der Waals surface area (Å²) in [7, 11) is 0. The van der Waals surface area contributed by atoms with Crippen LogP contribution in [0.25, 0.3) is 6.08 Å². The molecule has 4 rings (SSSR count). The summed E-state index contributed by atoms with van der Waals surface area (Å²) in [6, 6.07) is 32.0. The van der Waals surface area contributed by atoms with Gasteiger partial charge in [-0.2, -0.15) is 0 Å². The van der Waals surface area contributed by atoms with Gasteiger partial charge in [-0.1, -0.05) is 91.0 Å². The minimum absolute atomic E-state index is 0.0798. The molecule has 0 unspecified atom stereocenters. The van der Waals surface area contributed by atoms with Gasteiger partial charge in [0.1, 0.15) is 6.10 Å². The first kappa shape index (κ1) is 16.7. The number of rotatable bonds is 5. The topological polar surface area (TPSA) is 9.23 Å². The van der Waals surface area contributed by atoms with Gasteiger partial charge in [-0.3, -0.25) is 0 Å². The quantitative estimate of drug-likeness (QED) is 0.502. The van der Waals surface area contributed by atoms with E-state index in [0.717, 1.165) is 18.4 Å². The third-order valence-electron chi connectivity index (χ3n) is 5.47. The molecule has 130 valence electrons. The number of ether oxygens (including phenoxy) is 1. The molecular formula is C25H24O. The normalized spacial score (nSPS) is 18.8. The fraction of sp³-hybridized carbons (Fsp3) is 0.200. The highest BCUT2D eigenvalue weighted by Gasteiger charge is 2.46. The van der Waals surface area contributed by atoms with E-state index >= 15 is 0 Å². The average molecular weight is 340 g/mol. The maximum absolute atomic E-state index is 6.35. The van der Waals surface area contributed by atoms with Crippen molar-refractivity contribution >= 4 is 6.08 Å². The predicted octanol–water partition coefficient (Wildman–Crippen LogP) is 6.21. The first-order valence-electron chi connectivity index (χ1n) is 9.38. The van der Waals surface area contributed by atoms with Gasteiger partial charge in [-0.05, 0) is 42.0 Å². The first-order valence-corrected chi connectivity index (χ1v) is 9.38. The van der Waals surface area contributed by atoms with Gasteiger partial charge in [0.25, 0.3) is 0 Å². The summed E-state index contributed by atoms with van der Waals surface area (Å²) < 4.78 is 6.35. The van der Waals surface area contributed by atoms with Crippen LogP contribution in [-0.4, -0.2) is 6.10 Å². The van der Waals surface area contributed by atoms with Gasteiger partial charge in [-0.25, -0.2) is 0 Å². The maximum Gasteiger partial charge on any atom is 0.111 e. The third-order valence-corrected chi connectivity index (χ3v) is 5.47. The summed E-state index contributed by atoms with van der Waals surface area (Å²) in [4.78, 5) is 0. The van der Waals surface area contributed by atoms with Gasteiger partial charge in [0.05, 0.1) is 11.7 Å². The van der Waals surface area contributed by atoms with E-state index in [4.69, 9.17) is 4.74 Å². The summed E-state index contributed by atoms with van der Waals surface area (Å²) in [6.07, 6.45) is 7.44. The molecule has 1 atom stereocenters. The minimum atomic E-state index is -0.0798. The van der Waals surface area contributed by atoms with E-state index < -0.39 is 0 Å². The zero-order chi connectivity index (χ0) is 17.7. The molecule has 1 saturated carbocycles. The molecule has 1 fully saturated rings. The van der Waals surface area contributed by atoms with E-state index in [1.807, 2.05) is 24.5 Å². The largest absolute Gasteiger partial charge is 0.497 e. The highest BCUT2D eigenvalue weighted by molar-refractivity contribution is 5.48. The molecule has 0 heterocycles. The van der Waals surface area contributed by atoms with E-state index in [1.165, 1.54) is 17.5 Å². The van der Waals surface area contributed by atoms with Crippen molar-refractivity contribution in [2.75, 3.05) is 0 Å². The number of hydrogen-bond donors (Lipinski definition) is 0. The Bertz CT molecular complexity index is 798. The van der Waals surface area contributed by atoms with E-state index in [-0.39, 0.29) is 11.5 Å². The molecule has 0 saturated heterocycles. The van der Waals surface area contributed by atoms with Crippen LogP contribution in [-0.2, 0) is 10.2 Å². The lowest BCUT2D eigenvalue weighted by Gasteiger charge is -2.36. The van der Waals surface area contributed by atoms with Crippen LogP contribution in [0.2, 0.25) is 0 Å². The summed E-state index contributed by atoms with van der Waals surface area (Å²) in [5.41, 5.74) is 3.78. The second-order valence-corrected chi connectivity index (χ2v) is 6.93. The Balaban J connectivity index is 1.67. The molecule has 1 aliphatic rings. The average Bonchev–Trinajstić information content (AvgIpc) is 3.15. The van der Waals surface area contributed by atoms with Gasteiger partial charge in [0.2, 0.25) is 0 Å². The summed E-state index contributed by atoms with van der Waals surface area (Å²) in [6.45, 7) is 0. The Kier molecular flexibility index (Phi) is 4.88. The fourth-order valence-corrected chi connectivity index (χ4v) is 4.23. The fourth-order valence-electron chi connectivity index (χ4n) is 4.23. The molecule has 0 N–H and O–H groups in total. The van der Waals surface area contributed by atoms with Gasteiger partial charge in [-0.15, -0.1) is 0 Å². The Morgan fingerprint density at radius 1 is 0.731 bits per heavy atom. The zero-order valence-electron chi connectivity index (χ0n) is 14.9. The lowest BCUT2D eigenvalue weighted by atomic mass is 9.71. The van der Waals surface area contributed by atoms with Crippen molar-refractivity contribution in [3.63, 3.8) is 0 Å². The van der Waals surface area contributed by atoms with Crippen LogP contribution in [0.4, 0.5) is 0 Å². The lowest BCUT2D eigenvalue weighted by molar-refractivity contribution is 0.104. The maximum atomic E-state index is 6.35. The van der Waals surface area contributed by atoms with Gasteiger partial charge in [0.15, 0.2) is 0 Å². The Labute approximate surface area is 156 Å². The van der Waals surface area contributed by atoms with Crippen molar-refractivity contribution in [1.29, 1.82) is 0 Å². The van der Waals surface area contributed by atoms with E-state index in [2.05, 4.69) is 78.9 Å². The van der Waals surface area contributed by atoms with Crippen LogP contribution < -0.4 is 0 Å². The molecular weight excluding hydrogens is 316 g/mol. The lowest BCUT2D eigenvalue weighted by Crippen LogP contribution is -2.37. The van der Waals surface area contributed by atoms with Crippen molar-refractivity contribution in [3.8, 4) is 0 Å². The Hall–Kier alpha value is -2.80. The minimum Gasteiger partial charge on any atom is -0.497 e. The highest BCUT2D eigenvalue weighted by Crippen LogP contribution is 2.48. The monoisotopic (exact) mass is 340 g/mol. The molecule has 26 heavy (non-hydrogen) atoms. The van der Waals surface area contributed by atoms with Crippen LogP contribution in [0.3, 0.4) is 0 Å². The van der Waals surface area contributed by atoms with Gasteiger partial charge in [0, 0.05) is 0 Å². The van der Waals surface area contributed by atoms with Crippen LogP contribution in [0, 0.1) is 0 Å². The first-order chi connectivity index (χ1) is 12.9. The molecule has 3 aromatic rings.